The van der Waals surface area contributed by atoms with Crippen LogP contribution >= 0.6 is 11.8 Å². The molecule has 6 rings (SSSR count). The molecular formula is C46H52N4O13S. The smallest absolute Gasteiger partial charge is 0.407 e. The molecule has 7 atom stereocenters. The van der Waals surface area contributed by atoms with E-state index in [1.807, 2.05) is 78.9 Å². The number of esters is 1. The second-order valence-electron chi connectivity index (χ2n) is 15.4. The van der Waals surface area contributed by atoms with Crippen molar-refractivity contribution >= 4 is 41.6 Å². The number of amides is 3. The van der Waals surface area contributed by atoms with Gasteiger partial charge >= 0.3 is 18.0 Å². The molecule has 4 aromatic carbocycles. The van der Waals surface area contributed by atoms with E-state index in [1.165, 1.54) is 11.8 Å². The Hall–Kier alpha value is -5.86. The molecule has 0 bridgehead atoms. The van der Waals surface area contributed by atoms with Gasteiger partial charge in [0.25, 0.3) is 11.7 Å². The molecule has 3 amide bonds. The van der Waals surface area contributed by atoms with Crippen LogP contribution in [-0.4, -0.2) is 136 Å². The molecule has 0 aromatic heterocycles. The third-order valence-corrected chi connectivity index (χ3v) is 12.3. The topological polar surface area (TPSA) is 257 Å². The van der Waals surface area contributed by atoms with Crippen LogP contribution in [0.4, 0.5) is 4.79 Å². The van der Waals surface area contributed by atoms with Crippen LogP contribution in [0.5, 0.6) is 0 Å². The molecule has 8 N–H and O–H groups in total. The standard InChI is InChI=1S/C46H52N4O13S/c1-27(51)50(47)39-37(52)23-46(44(58)60-2,63-41(39)40(54)38(53)24-48-42(55)30-19-17-29(18-20-30)28-11-4-3-5-12-28)62-21-10-22-64-26-36(43(56)57)49-45(59)61-25-35-33-15-8-6-13-31(33)32-14-7-9-16-34(32)35/h3-9,11-20,35-41,52-54H,10,21-26,47H2,1-2H3,(H,48,55)(H,49,59)(H,56,57)/t36?,37-,38-,39?,40-,41?,46?/m1/s1. The fraction of sp³-hybridized carbons (Fsp3) is 0.370. The van der Waals surface area contributed by atoms with Gasteiger partial charge in [-0.3, -0.25) is 14.6 Å². The average molecular weight is 901 g/mol. The zero-order valence-corrected chi connectivity index (χ0v) is 36.0. The molecule has 340 valence electrons. The molecule has 0 saturated carbocycles. The number of carboxylic acid groups (broad SMARTS) is 1. The van der Waals surface area contributed by atoms with Crippen LogP contribution in [0.1, 0.15) is 47.2 Å². The summed E-state index contributed by atoms with van der Waals surface area (Å²) in [6.07, 6.45) is -8.40. The van der Waals surface area contributed by atoms with Crippen LogP contribution in [0.3, 0.4) is 0 Å². The number of fused-ring (bicyclic) bond motifs is 3. The Kier molecular flexibility index (Phi) is 16.1. The molecule has 18 heteroatoms. The number of thioether (sulfide) groups is 1. The van der Waals surface area contributed by atoms with Crippen LogP contribution < -0.4 is 16.5 Å². The van der Waals surface area contributed by atoms with Crippen molar-refractivity contribution < 1.29 is 63.3 Å². The van der Waals surface area contributed by atoms with E-state index < -0.39 is 85.1 Å². The number of aliphatic hydroxyl groups excluding tert-OH is 3. The van der Waals surface area contributed by atoms with Gasteiger partial charge in [0.1, 0.15) is 30.9 Å². The highest BCUT2D eigenvalue weighted by atomic mass is 32.2. The zero-order valence-electron chi connectivity index (χ0n) is 35.2. The number of aliphatic carboxylic acids is 1. The number of nitrogens with zero attached hydrogens (tertiary/aromatic N) is 1. The lowest BCUT2D eigenvalue weighted by molar-refractivity contribution is -0.319. The minimum Gasteiger partial charge on any atom is -0.480 e. The van der Waals surface area contributed by atoms with E-state index in [4.69, 9.17) is 24.8 Å². The van der Waals surface area contributed by atoms with Gasteiger partial charge in [-0.25, -0.2) is 20.2 Å². The molecule has 1 aliphatic carbocycles. The van der Waals surface area contributed by atoms with E-state index in [0.717, 1.165) is 47.4 Å². The van der Waals surface area contributed by atoms with Crippen molar-refractivity contribution in [2.75, 3.05) is 38.4 Å². The molecule has 0 spiro atoms. The minimum atomic E-state index is -2.35. The fourth-order valence-electron chi connectivity index (χ4n) is 7.86. The van der Waals surface area contributed by atoms with E-state index in [2.05, 4.69) is 10.6 Å². The Morgan fingerprint density at radius 3 is 2.12 bits per heavy atom. The summed E-state index contributed by atoms with van der Waals surface area (Å²) < 4.78 is 22.4. The lowest BCUT2D eigenvalue weighted by Gasteiger charge is -2.48. The average Bonchev–Trinajstić information content (AvgIpc) is 3.63. The van der Waals surface area contributed by atoms with Gasteiger partial charge in [0, 0.05) is 37.1 Å². The van der Waals surface area contributed by atoms with Gasteiger partial charge < -0.3 is 50.0 Å². The van der Waals surface area contributed by atoms with Crippen LogP contribution in [0.25, 0.3) is 22.3 Å². The highest BCUT2D eigenvalue weighted by Gasteiger charge is 2.57. The summed E-state index contributed by atoms with van der Waals surface area (Å²) in [5.74, 6) is 0.0203. The maximum absolute atomic E-state index is 13.3. The first-order valence-corrected chi connectivity index (χ1v) is 21.7. The van der Waals surface area contributed by atoms with Crippen molar-refractivity contribution in [1.82, 2.24) is 15.6 Å². The first-order valence-electron chi connectivity index (χ1n) is 20.6. The van der Waals surface area contributed by atoms with Gasteiger partial charge in [-0.2, -0.15) is 11.8 Å². The summed E-state index contributed by atoms with van der Waals surface area (Å²) in [6.45, 7) is 0.395. The number of hydrogen-bond donors (Lipinski definition) is 7. The second kappa shape index (κ2) is 21.7. The number of nitrogens with one attached hydrogen (secondary N) is 2. The van der Waals surface area contributed by atoms with E-state index in [1.54, 1.807) is 24.3 Å². The molecule has 0 radical (unpaired) electrons. The number of benzene rings is 4. The number of ether oxygens (including phenoxy) is 4. The van der Waals surface area contributed by atoms with Gasteiger partial charge in [0.2, 0.25) is 5.91 Å². The number of rotatable bonds is 19. The Morgan fingerprint density at radius 1 is 0.906 bits per heavy atom. The Balaban J connectivity index is 1.02. The second-order valence-corrected chi connectivity index (χ2v) is 16.5. The zero-order chi connectivity index (χ0) is 46.0. The summed E-state index contributed by atoms with van der Waals surface area (Å²) in [7, 11) is 1.05. The number of hydrogen-bond acceptors (Lipinski definition) is 14. The predicted octanol–water partition coefficient (Wildman–Crippen LogP) is 3.05. The van der Waals surface area contributed by atoms with Crippen molar-refractivity contribution in [3.8, 4) is 22.3 Å². The normalized spacial score (nSPS) is 20.4. The molecule has 4 aromatic rings. The largest absolute Gasteiger partial charge is 0.480 e. The highest BCUT2D eigenvalue weighted by Crippen LogP contribution is 2.44. The number of aliphatic hydroxyl groups is 3. The molecule has 17 nitrogen and oxygen atoms in total. The molecule has 1 fully saturated rings. The molecule has 64 heavy (non-hydrogen) atoms. The maximum Gasteiger partial charge on any atom is 0.407 e. The Morgan fingerprint density at radius 2 is 1.52 bits per heavy atom. The number of carbonyl (C=O) groups excluding carboxylic acids is 4. The number of nitrogens with two attached hydrogens (primary N) is 1. The molecule has 2 aliphatic rings. The van der Waals surface area contributed by atoms with Crippen molar-refractivity contribution in [2.24, 2.45) is 5.84 Å². The number of carbonyl (C=O) groups is 5. The summed E-state index contributed by atoms with van der Waals surface area (Å²) >= 11 is 1.17. The quantitative estimate of drug-likeness (QED) is 0.0235. The third kappa shape index (κ3) is 11.1. The van der Waals surface area contributed by atoms with Crippen molar-refractivity contribution in [2.45, 2.75) is 68.0 Å². The maximum atomic E-state index is 13.3. The summed E-state index contributed by atoms with van der Waals surface area (Å²) in [5.41, 5.74) is 6.23. The molecule has 1 heterocycles. The van der Waals surface area contributed by atoms with Crippen molar-refractivity contribution in [3.63, 3.8) is 0 Å². The van der Waals surface area contributed by atoms with Gasteiger partial charge in [-0.15, -0.1) is 0 Å². The fourth-order valence-corrected chi connectivity index (χ4v) is 8.81. The van der Waals surface area contributed by atoms with Crippen LogP contribution in [-0.2, 0) is 33.3 Å². The molecule has 1 saturated heterocycles. The summed E-state index contributed by atoms with van der Waals surface area (Å²) in [5, 5.41) is 49.3. The van der Waals surface area contributed by atoms with Gasteiger partial charge in [-0.05, 0) is 57.7 Å². The first kappa shape index (κ1) is 47.6. The lowest BCUT2D eigenvalue weighted by atomic mass is 9.88. The van der Waals surface area contributed by atoms with Gasteiger partial charge in [0.05, 0.1) is 25.9 Å². The number of hydrazine groups is 1. The van der Waals surface area contributed by atoms with E-state index in [-0.39, 0.29) is 42.6 Å². The van der Waals surface area contributed by atoms with Crippen LogP contribution in [0.2, 0.25) is 0 Å². The minimum absolute atomic E-state index is 0.00637. The highest BCUT2D eigenvalue weighted by molar-refractivity contribution is 7.99. The monoisotopic (exact) mass is 900 g/mol. The van der Waals surface area contributed by atoms with Crippen LogP contribution in [0, 0.1) is 0 Å². The predicted molar refractivity (Wildman–Crippen MR) is 234 cm³/mol. The van der Waals surface area contributed by atoms with Crippen LogP contribution in [0.15, 0.2) is 103 Å². The Bertz CT molecular complexity index is 2220. The molecular weight excluding hydrogens is 849 g/mol. The lowest BCUT2D eigenvalue weighted by Crippen LogP contribution is -2.70. The number of methoxy groups -OCH3 is 1. The Labute approximate surface area is 373 Å². The first-order chi connectivity index (χ1) is 30.7. The van der Waals surface area contributed by atoms with E-state index >= 15 is 0 Å². The van der Waals surface area contributed by atoms with Crippen molar-refractivity contribution in [1.29, 1.82) is 0 Å². The van der Waals surface area contributed by atoms with Gasteiger partial charge in [0.15, 0.2) is 0 Å². The van der Waals surface area contributed by atoms with E-state index in [0.29, 0.717) is 5.01 Å². The van der Waals surface area contributed by atoms with Gasteiger partial charge in [-0.1, -0.05) is 91.0 Å². The molecule has 4 unspecified atom stereocenters. The number of carboxylic acids is 1. The van der Waals surface area contributed by atoms with E-state index in [9.17, 15) is 44.4 Å². The number of alkyl carbamates (subject to hydrolysis) is 1. The van der Waals surface area contributed by atoms with Crippen molar-refractivity contribution in [3.05, 3.63) is 120 Å². The SMILES string of the molecule is COC(=O)C1(OCCCSCC(NC(=O)OCC2c3ccccc3-c3ccccc32)C(=O)O)C[C@@H](O)C(N(N)C(C)=O)C([C@H](O)[C@H](O)CNC(=O)c2ccc(-c3ccccc3)cc2)O1. The third-order valence-electron chi connectivity index (χ3n) is 11.2. The summed E-state index contributed by atoms with van der Waals surface area (Å²) in [6, 6.07) is 29.1. The molecule has 1 aliphatic heterocycles. The summed E-state index contributed by atoms with van der Waals surface area (Å²) in [4.78, 5) is 63.6.